The van der Waals surface area contributed by atoms with Crippen molar-refractivity contribution in [1.82, 2.24) is 23.9 Å². The molecular formula is C19H16FN5O7S. The number of imidazole rings is 2. The predicted molar refractivity (Wildman–Crippen MR) is 107 cm³/mol. The van der Waals surface area contributed by atoms with Crippen molar-refractivity contribution in [1.29, 1.82) is 0 Å². The molecule has 4 atom stereocenters. The Hall–Kier alpha value is -3.46. The number of carbonyl (C=O) groups excluding carboxylic acids is 1. The molecule has 0 amide bonds. The summed E-state index contributed by atoms with van der Waals surface area (Å²) in [6, 6.07) is 4.05. The molecule has 1 fully saturated rings. The molecule has 0 spiro atoms. The zero-order valence-corrected chi connectivity index (χ0v) is 17.4. The summed E-state index contributed by atoms with van der Waals surface area (Å²) in [4.78, 5) is 24.4. The van der Waals surface area contributed by atoms with Crippen LogP contribution in [0.4, 0.5) is 3.89 Å². The van der Waals surface area contributed by atoms with Crippen LogP contribution in [0.1, 0.15) is 16.6 Å². The van der Waals surface area contributed by atoms with Crippen molar-refractivity contribution in [2.24, 2.45) is 0 Å². The van der Waals surface area contributed by atoms with Gasteiger partial charge in [0, 0.05) is 12.4 Å². The van der Waals surface area contributed by atoms with Crippen molar-refractivity contribution >= 4 is 33.0 Å². The Morgan fingerprint density at radius 2 is 1.85 bits per heavy atom. The SMILES string of the molecule is O=C(OC[C@H]1O[C@@H](n2cnc3c2ncn2ccnc32)[C@H](O)[C@@H]1O)c1ccc(S(=O)(=O)F)cc1. The van der Waals surface area contributed by atoms with Gasteiger partial charge in [-0.25, -0.2) is 19.7 Å². The molecule has 172 valence electrons. The summed E-state index contributed by atoms with van der Waals surface area (Å²) in [5.41, 5.74) is 1.39. The number of fused-ring (bicyclic) bond motifs is 3. The average molecular weight is 477 g/mol. The van der Waals surface area contributed by atoms with Gasteiger partial charge in [-0.2, -0.15) is 8.42 Å². The molecule has 1 aliphatic heterocycles. The molecule has 0 aliphatic carbocycles. The maximum absolute atomic E-state index is 13.0. The summed E-state index contributed by atoms with van der Waals surface area (Å²) in [5.74, 6) is -0.844. The van der Waals surface area contributed by atoms with Crippen molar-refractivity contribution in [2.75, 3.05) is 6.61 Å². The second-order valence-electron chi connectivity index (χ2n) is 7.33. The van der Waals surface area contributed by atoms with E-state index in [2.05, 4.69) is 15.0 Å². The van der Waals surface area contributed by atoms with Crippen LogP contribution in [0.25, 0.3) is 16.8 Å². The molecule has 4 aromatic rings. The van der Waals surface area contributed by atoms with Crippen LogP contribution >= 0.6 is 0 Å². The number of aromatic nitrogens is 5. The van der Waals surface area contributed by atoms with E-state index in [9.17, 15) is 27.3 Å². The lowest BCUT2D eigenvalue weighted by molar-refractivity contribution is -0.0565. The van der Waals surface area contributed by atoms with E-state index < -0.39 is 52.2 Å². The second-order valence-corrected chi connectivity index (χ2v) is 8.68. The molecule has 0 unspecified atom stereocenters. The van der Waals surface area contributed by atoms with Crippen LogP contribution in [0.3, 0.4) is 0 Å². The van der Waals surface area contributed by atoms with Crippen molar-refractivity contribution in [3.63, 3.8) is 0 Å². The Morgan fingerprint density at radius 1 is 1.09 bits per heavy atom. The molecule has 1 aromatic carbocycles. The highest BCUT2D eigenvalue weighted by Gasteiger charge is 2.45. The number of ether oxygens (including phenoxy) is 2. The summed E-state index contributed by atoms with van der Waals surface area (Å²) in [6.07, 6.45) is 1.38. The standard InChI is InChI=1S/C19H16FN5O7S/c20-33(29,30)11-3-1-10(2-4-11)19(28)31-7-12-14(26)15(27)18(32-12)25-9-22-13-16-21-5-6-24(16)8-23-17(13)25/h1-6,8-9,12,14-15,18,26-27H,7H2/t12-,14-,15-,18-/m1/s1. The number of benzene rings is 1. The molecule has 5 rings (SSSR count). The minimum Gasteiger partial charge on any atom is -0.459 e. The predicted octanol–water partition coefficient (Wildman–Crippen LogP) is 0.213. The third-order valence-corrected chi connectivity index (χ3v) is 6.15. The highest BCUT2D eigenvalue weighted by molar-refractivity contribution is 7.86. The van der Waals surface area contributed by atoms with E-state index >= 15 is 0 Å². The molecule has 1 saturated heterocycles. The first-order valence-electron chi connectivity index (χ1n) is 9.61. The van der Waals surface area contributed by atoms with Crippen molar-refractivity contribution in [3.8, 4) is 0 Å². The minimum absolute atomic E-state index is 0.0273. The molecule has 3 aromatic heterocycles. The summed E-state index contributed by atoms with van der Waals surface area (Å²) < 4.78 is 48.7. The number of hydrogen-bond donors (Lipinski definition) is 2. The van der Waals surface area contributed by atoms with Crippen molar-refractivity contribution in [2.45, 2.75) is 29.4 Å². The summed E-state index contributed by atoms with van der Waals surface area (Å²) in [6.45, 7) is -0.402. The lowest BCUT2D eigenvalue weighted by Gasteiger charge is -2.16. The summed E-state index contributed by atoms with van der Waals surface area (Å²) in [7, 11) is -4.89. The third kappa shape index (κ3) is 3.72. The quantitative estimate of drug-likeness (QED) is 0.301. The monoisotopic (exact) mass is 477 g/mol. The van der Waals surface area contributed by atoms with E-state index in [1.165, 1.54) is 17.2 Å². The Bertz CT molecular complexity index is 1450. The second kappa shape index (κ2) is 7.84. The zero-order valence-electron chi connectivity index (χ0n) is 16.6. The van der Waals surface area contributed by atoms with Crippen LogP contribution in [0.5, 0.6) is 0 Å². The van der Waals surface area contributed by atoms with Gasteiger partial charge in [-0.1, -0.05) is 0 Å². The average Bonchev–Trinajstić information content (AvgIpc) is 3.50. The third-order valence-electron chi connectivity index (χ3n) is 5.31. The van der Waals surface area contributed by atoms with Gasteiger partial charge >= 0.3 is 16.2 Å². The van der Waals surface area contributed by atoms with Gasteiger partial charge in [0.1, 0.15) is 31.2 Å². The normalized spacial score (nSPS) is 23.4. The van der Waals surface area contributed by atoms with Crippen LogP contribution in [0.2, 0.25) is 0 Å². The van der Waals surface area contributed by atoms with Gasteiger partial charge < -0.3 is 19.7 Å². The smallest absolute Gasteiger partial charge is 0.338 e. The molecule has 12 nitrogen and oxygen atoms in total. The van der Waals surface area contributed by atoms with Gasteiger partial charge in [0.15, 0.2) is 23.0 Å². The van der Waals surface area contributed by atoms with E-state index in [4.69, 9.17) is 9.47 Å². The van der Waals surface area contributed by atoms with Gasteiger partial charge in [0.25, 0.3) is 0 Å². The highest BCUT2D eigenvalue weighted by Crippen LogP contribution is 2.32. The molecule has 0 radical (unpaired) electrons. The Morgan fingerprint density at radius 3 is 2.58 bits per heavy atom. The maximum Gasteiger partial charge on any atom is 0.338 e. The Balaban J connectivity index is 1.30. The molecule has 14 heteroatoms. The number of halogens is 1. The molecule has 0 bridgehead atoms. The highest BCUT2D eigenvalue weighted by atomic mass is 32.3. The molecule has 1 aliphatic rings. The first-order valence-corrected chi connectivity index (χ1v) is 11.0. The molecule has 4 heterocycles. The Kier molecular flexibility index (Phi) is 5.08. The van der Waals surface area contributed by atoms with Gasteiger partial charge in [0.2, 0.25) is 0 Å². The number of carbonyl (C=O) groups is 1. The molecule has 2 N–H and O–H groups in total. The van der Waals surface area contributed by atoms with Gasteiger partial charge in [-0.3, -0.25) is 8.97 Å². The molecule has 33 heavy (non-hydrogen) atoms. The van der Waals surface area contributed by atoms with Crippen LogP contribution in [0.15, 0.2) is 54.2 Å². The summed E-state index contributed by atoms with van der Waals surface area (Å²) in [5, 5.41) is 20.9. The van der Waals surface area contributed by atoms with E-state index in [-0.39, 0.29) is 5.56 Å². The fourth-order valence-electron chi connectivity index (χ4n) is 3.62. The van der Waals surface area contributed by atoms with E-state index in [0.717, 1.165) is 24.3 Å². The van der Waals surface area contributed by atoms with E-state index in [1.54, 1.807) is 16.8 Å². The van der Waals surface area contributed by atoms with Crippen LogP contribution in [0, 0.1) is 0 Å². The van der Waals surface area contributed by atoms with Gasteiger partial charge in [-0.05, 0) is 24.3 Å². The van der Waals surface area contributed by atoms with E-state index in [1.807, 2.05) is 0 Å². The first kappa shape index (κ1) is 21.4. The topological polar surface area (TPSA) is 158 Å². The number of aliphatic hydroxyl groups is 2. The van der Waals surface area contributed by atoms with E-state index in [0.29, 0.717) is 16.8 Å². The zero-order chi connectivity index (χ0) is 23.3. The van der Waals surface area contributed by atoms with Gasteiger partial charge in [0.05, 0.1) is 16.8 Å². The fraction of sp³-hybridized carbons (Fsp3) is 0.263. The van der Waals surface area contributed by atoms with Crippen LogP contribution in [-0.2, 0) is 19.7 Å². The van der Waals surface area contributed by atoms with Crippen molar-refractivity contribution < 1.29 is 36.8 Å². The maximum atomic E-state index is 13.0. The lowest BCUT2D eigenvalue weighted by atomic mass is 10.1. The lowest BCUT2D eigenvalue weighted by Crippen LogP contribution is -2.34. The molecule has 0 saturated carbocycles. The molecular weight excluding hydrogens is 461 g/mol. The number of aliphatic hydroxyl groups excluding tert-OH is 2. The Labute approximate surface area is 185 Å². The number of hydrogen-bond acceptors (Lipinski definition) is 10. The van der Waals surface area contributed by atoms with Crippen LogP contribution in [-0.4, -0.2) is 73.4 Å². The van der Waals surface area contributed by atoms with Gasteiger partial charge in [-0.15, -0.1) is 3.89 Å². The fourth-order valence-corrected chi connectivity index (χ4v) is 4.09. The first-order chi connectivity index (χ1) is 15.7. The van der Waals surface area contributed by atoms with Crippen molar-refractivity contribution in [3.05, 3.63) is 54.9 Å². The largest absolute Gasteiger partial charge is 0.459 e. The summed E-state index contributed by atoms with van der Waals surface area (Å²) >= 11 is 0. The number of rotatable bonds is 5. The number of nitrogens with zero attached hydrogens (tertiary/aromatic N) is 5. The number of esters is 1. The minimum atomic E-state index is -4.89. The van der Waals surface area contributed by atoms with Crippen LogP contribution < -0.4 is 0 Å².